The summed E-state index contributed by atoms with van der Waals surface area (Å²) in [5, 5.41) is 0. The quantitative estimate of drug-likeness (QED) is 0.794. The molecule has 2 N–H and O–H groups in total. The van der Waals surface area contributed by atoms with Crippen molar-refractivity contribution in [2.45, 2.75) is 32.6 Å². The first-order valence-corrected chi connectivity index (χ1v) is 4.94. The van der Waals surface area contributed by atoms with Crippen LogP contribution >= 0.6 is 0 Å². The Morgan fingerprint density at radius 2 is 2.07 bits per heavy atom. The molecule has 1 aromatic rings. The minimum absolute atomic E-state index is 0.423. The SMILES string of the molecule is CCC(CC)c1ccc(C(N)=O)cn1. The first kappa shape index (κ1) is 10.7. The van der Waals surface area contributed by atoms with Gasteiger partial charge in [-0.2, -0.15) is 0 Å². The van der Waals surface area contributed by atoms with Crippen LogP contribution in [0.5, 0.6) is 0 Å². The summed E-state index contributed by atoms with van der Waals surface area (Å²) in [6.07, 6.45) is 3.69. The van der Waals surface area contributed by atoms with Crippen molar-refractivity contribution in [2.24, 2.45) is 5.73 Å². The van der Waals surface area contributed by atoms with Crippen LogP contribution in [0.25, 0.3) is 0 Å². The molecule has 14 heavy (non-hydrogen) atoms. The average molecular weight is 192 g/mol. The molecule has 3 heteroatoms. The molecule has 0 atom stereocenters. The Morgan fingerprint density at radius 3 is 2.43 bits per heavy atom. The predicted octanol–water partition coefficient (Wildman–Crippen LogP) is 2.08. The zero-order valence-electron chi connectivity index (χ0n) is 8.66. The third kappa shape index (κ3) is 2.31. The second kappa shape index (κ2) is 4.74. The van der Waals surface area contributed by atoms with Crippen LogP contribution in [-0.4, -0.2) is 10.9 Å². The third-order valence-electron chi connectivity index (χ3n) is 2.47. The van der Waals surface area contributed by atoms with E-state index in [0.717, 1.165) is 18.5 Å². The number of carbonyl (C=O) groups excluding carboxylic acids is 1. The van der Waals surface area contributed by atoms with Gasteiger partial charge in [0.05, 0.1) is 5.56 Å². The molecule has 0 saturated carbocycles. The Bertz CT molecular complexity index is 302. The molecule has 0 aliphatic carbocycles. The smallest absolute Gasteiger partial charge is 0.250 e. The minimum atomic E-state index is -0.423. The van der Waals surface area contributed by atoms with Crippen LogP contribution in [-0.2, 0) is 0 Å². The fourth-order valence-corrected chi connectivity index (χ4v) is 1.50. The normalized spacial score (nSPS) is 10.5. The van der Waals surface area contributed by atoms with E-state index in [1.54, 1.807) is 12.3 Å². The van der Waals surface area contributed by atoms with Crippen LogP contribution in [0.3, 0.4) is 0 Å². The number of carbonyl (C=O) groups is 1. The summed E-state index contributed by atoms with van der Waals surface area (Å²) < 4.78 is 0. The molecule has 1 heterocycles. The maximum atomic E-state index is 10.8. The minimum Gasteiger partial charge on any atom is -0.366 e. The number of hydrogen-bond acceptors (Lipinski definition) is 2. The van der Waals surface area contributed by atoms with E-state index in [9.17, 15) is 4.79 Å². The van der Waals surface area contributed by atoms with E-state index in [-0.39, 0.29) is 0 Å². The van der Waals surface area contributed by atoms with Gasteiger partial charge in [-0.25, -0.2) is 0 Å². The lowest BCUT2D eigenvalue weighted by atomic mass is 9.98. The third-order valence-corrected chi connectivity index (χ3v) is 2.47. The lowest BCUT2D eigenvalue weighted by Crippen LogP contribution is -2.11. The molecule has 0 aliphatic heterocycles. The Morgan fingerprint density at radius 1 is 1.43 bits per heavy atom. The summed E-state index contributed by atoms with van der Waals surface area (Å²) in [5.41, 5.74) is 6.64. The second-order valence-electron chi connectivity index (χ2n) is 3.35. The summed E-state index contributed by atoms with van der Waals surface area (Å²) in [4.78, 5) is 15.0. The number of pyridine rings is 1. The number of rotatable bonds is 4. The van der Waals surface area contributed by atoms with Crippen molar-refractivity contribution in [1.82, 2.24) is 4.98 Å². The molecular weight excluding hydrogens is 176 g/mol. The number of nitrogens with two attached hydrogens (primary N) is 1. The molecule has 0 aliphatic rings. The van der Waals surface area contributed by atoms with Gasteiger partial charge < -0.3 is 5.73 Å². The molecule has 3 nitrogen and oxygen atoms in total. The van der Waals surface area contributed by atoms with Crippen molar-refractivity contribution < 1.29 is 4.79 Å². The van der Waals surface area contributed by atoms with Crippen molar-refractivity contribution in [3.8, 4) is 0 Å². The molecule has 0 saturated heterocycles. The van der Waals surface area contributed by atoms with Crippen molar-refractivity contribution in [2.75, 3.05) is 0 Å². The lowest BCUT2D eigenvalue weighted by molar-refractivity contribution is 0.1000. The average Bonchev–Trinajstić information content (AvgIpc) is 2.20. The fraction of sp³-hybridized carbons (Fsp3) is 0.455. The summed E-state index contributed by atoms with van der Waals surface area (Å²) in [6, 6.07) is 3.63. The van der Waals surface area contributed by atoms with Gasteiger partial charge in [0, 0.05) is 17.8 Å². The Balaban J connectivity index is 2.87. The topological polar surface area (TPSA) is 56.0 Å². The molecular formula is C11H16N2O. The maximum absolute atomic E-state index is 10.8. The number of hydrogen-bond donors (Lipinski definition) is 1. The molecule has 0 bridgehead atoms. The molecule has 0 spiro atoms. The number of aromatic nitrogens is 1. The van der Waals surface area contributed by atoms with Gasteiger partial charge >= 0.3 is 0 Å². The van der Waals surface area contributed by atoms with Gasteiger partial charge in [0.25, 0.3) is 0 Å². The highest BCUT2D eigenvalue weighted by atomic mass is 16.1. The monoisotopic (exact) mass is 192 g/mol. The van der Waals surface area contributed by atoms with Gasteiger partial charge in [-0.3, -0.25) is 9.78 Å². The number of amides is 1. The highest BCUT2D eigenvalue weighted by molar-refractivity contribution is 5.92. The summed E-state index contributed by atoms with van der Waals surface area (Å²) in [7, 11) is 0. The zero-order chi connectivity index (χ0) is 10.6. The summed E-state index contributed by atoms with van der Waals surface area (Å²) >= 11 is 0. The molecule has 1 aromatic heterocycles. The van der Waals surface area contributed by atoms with Crippen LogP contribution in [0.1, 0.15) is 48.7 Å². The fourth-order valence-electron chi connectivity index (χ4n) is 1.50. The molecule has 0 fully saturated rings. The molecule has 0 aromatic carbocycles. The van der Waals surface area contributed by atoms with Crippen LogP contribution in [0.2, 0.25) is 0 Å². The Labute approximate surface area is 84.3 Å². The van der Waals surface area contributed by atoms with Crippen molar-refractivity contribution in [3.05, 3.63) is 29.6 Å². The van der Waals surface area contributed by atoms with E-state index in [4.69, 9.17) is 5.73 Å². The standard InChI is InChI=1S/C11H16N2O/c1-3-8(4-2)10-6-5-9(7-13-10)11(12)14/h5-8H,3-4H2,1-2H3,(H2,12,14). The number of nitrogens with zero attached hydrogens (tertiary/aromatic N) is 1. The molecule has 0 unspecified atom stereocenters. The van der Waals surface area contributed by atoms with Crippen LogP contribution in [0.4, 0.5) is 0 Å². The molecule has 1 rings (SSSR count). The van der Waals surface area contributed by atoms with Gasteiger partial charge in [-0.1, -0.05) is 13.8 Å². The molecule has 76 valence electrons. The van der Waals surface area contributed by atoms with Crippen LogP contribution in [0, 0.1) is 0 Å². The van der Waals surface area contributed by atoms with E-state index in [2.05, 4.69) is 18.8 Å². The predicted molar refractivity (Wildman–Crippen MR) is 56.1 cm³/mol. The van der Waals surface area contributed by atoms with Crippen molar-refractivity contribution in [1.29, 1.82) is 0 Å². The van der Waals surface area contributed by atoms with Crippen LogP contribution in [0.15, 0.2) is 18.3 Å². The first-order valence-electron chi connectivity index (χ1n) is 4.94. The van der Waals surface area contributed by atoms with E-state index in [1.807, 2.05) is 6.07 Å². The molecule has 1 amide bonds. The van der Waals surface area contributed by atoms with Gasteiger partial charge in [0.1, 0.15) is 0 Å². The van der Waals surface area contributed by atoms with Gasteiger partial charge in [0.15, 0.2) is 0 Å². The largest absolute Gasteiger partial charge is 0.366 e. The second-order valence-corrected chi connectivity index (χ2v) is 3.35. The van der Waals surface area contributed by atoms with Gasteiger partial charge in [0.2, 0.25) is 5.91 Å². The van der Waals surface area contributed by atoms with Gasteiger partial charge in [-0.05, 0) is 25.0 Å². The highest BCUT2D eigenvalue weighted by Gasteiger charge is 2.08. The van der Waals surface area contributed by atoms with E-state index >= 15 is 0 Å². The van der Waals surface area contributed by atoms with Crippen molar-refractivity contribution >= 4 is 5.91 Å². The molecule has 0 radical (unpaired) electrons. The van der Waals surface area contributed by atoms with Gasteiger partial charge in [-0.15, -0.1) is 0 Å². The first-order chi connectivity index (χ1) is 6.69. The lowest BCUT2D eigenvalue weighted by Gasteiger charge is -2.11. The zero-order valence-corrected chi connectivity index (χ0v) is 8.66. The number of primary amides is 1. The van der Waals surface area contributed by atoms with Crippen LogP contribution < -0.4 is 5.73 Å². The maximum Gasteiger partial charge on any atom is 0.250 e. The summed E-state index contributed by atoms with van der Waals surface area (Å²) in [5.74, 6) is 0.0607. The van der Waals surface area contributed by atoms with Crippen molar-refractivity contribution in [3.63, 3.8) is 0 Å². The Hall–Kier alpha value is -1.38. The Kier molecular flexibility index (Phi) is 3.63. The van der Waals surface area contributed by atoms with E-state index < -0.39 is 5.91 Å². The highest BCUT2D eigenvalue weighted by Crippen LogP contribution is 2.20. The van der Waals surface area contributed by atoms with E-state index in [0.29, 0.717) is 11.5 Å². The van der Waals surface area contributed by atoms with E-state index in [1.165, 1.54) is 0 Å². The summed E-state index contributed by atoms with van der Waals surface area (Å²) in [6.45, 7) is 4.27.